The zero-order chi connectivity index (χ0) is 12.6. The molecule has 1 aliphatic rings. The van der Waals surface area contributed by atoms with Crippen LogP contribution in [0.3, 0.4) is 0 Å². The molecule has 0 spiro atoms. The normalized spacial score (nSPS) is 19.3. The second-order valence-corrected chi connectivity index (χ2v) is 4.91. The Morgan fingerprint density at radius 1 is 1.39 bits per heavy atom. The quantitative estimate of drug-likeness (QED) is 0.648. The van der Waals surface area contributed by atoms with Gasteiger partial charge in [0.1, 0.15) is 0 Å². The molecular formula is C13H18N4O. The Labute approximate surface area is 106 Å². The number of aromatic amines is 1. The maximum Gasteiger partial charge on any atom is 0.0962 e. The van der Waals surface area contributed by atoms with Crippen molar-refractivity contribution in [3.05, 3.63) is 29.7 Å². The minimum atomic E-state index is -0.0528. The molecule has 0 aliphatic carbocycles. The molecule has 1 aliphatic heterocycles. The monoisotopic (exact) mass is 246 g/mol. The molecule has 18 heavy (non-hydrogen) atoms. The van der Waals surface area contributed by atoms with Gasteiger partial charge in [-0.25, -0.2) is 4.98 Å². The lowest BCUT2D eigenvalue weighted by Gasteiger charge is -2.48. The fourth-order valence-corrected chi connectivity index (χ4v) is 2.52. The number of aromatic nitrogens is 2. The number of piperazine rings is 1. The summed E-state index contributed by atoms with van der Waals surface area (Å²) in [6.45, 7) is 5.66. The van der Waals surface area contributed by atoms with E-state index < -0.39 is 0 Å². The molecule has 1 N–H and O–H groups in total. The molecule has 2 aromatic rings. The van der Waals surface area contributed by atoms with Gasteiger partial charge in [0, 0.05) is 5.69 Å². The summed E-state index contributed by atoms with van der Waals surface area (Å²) in [6.07, 6.45) is 1.71. The van der Waals surface area contributed by atoms with Gasteiger partial charge in [0.25, 0.3) is 0 Å². The van der Waals surface area contributed by atoms with E-state index in [0.29, 0.717) is 19.6 Å². The minimum absolute atomic E-state index is 0.0528. The van der Waals surface area contributed by atoms with Crippen molar-refractivity contribution in [3.63, 3.8) is 0 Å². The van der Waals surface area contributed by atoms with E-state index >= 15 is 0 Å². The van der Waals surface area contributed by atoms with Crippen LogP contribution in [0.5, 0.6) is 0 Å². The van der Waals surface area contributed by atoms with Crippen LogP contribution in [0.15, 0.2) is 24.5 Å². The average molecular weight is 246 g/mol. The van der Waals surface area contributed by atoms with Crippen LogP contribution < -0.4 is 4.90 Å². The smallest absolute Gasteiger partial charge is 0.0962 e. The molecular weight excluding hydrogens is 228 g/mol. The van der Waals surface area contributed by atoms with E-state index in [1.54, 1.807) is 6.33 Å². The van der Waals surface area contributed by atoms with E-state index in [1.807, 2.05) is 13.0 Å². The van der Waals surface area contributed by atoms with Crippen LogP contribution in [0.25, 0.3) is 11.0 Å². The molecule has 2 heterocycles. The molecule has 0 unspecified atom stereocenters. The maximum absolute atomic E-state index is 12.1. The highest BCUT2D eigenvalue weighted by molar-refractivity contribution is 5.79. The van der Waals surface area contributed by atoms with Gasteiger partial charge in [-0.3, -0.25) is 0 Å². The Morgan fingerprint density at radius 3 is 2.89 bits per heavy atom. The summed E-state index contributed by atoms with van der Waals surface area (Å²) in [6, 6.07) is 6.22. The van der Waals surface area contributed by atoms with Gasteiger partial charge in [0.2, 0.25) is 0 Å². The molecule has 0 atom stereocenters. The van der Waals surface area contributed by atoms with Crippen LogP contribution in [0.4, 0.5) is 5.69 Å². The van der Waals surface area contributed by atoms with Crippen LogP contribution >= 0.6 is 0 Å². The van der Waals surface area contributed by atoms with Gasteiger partial charge >= 0.3 is 0 Å². The zero-order valence-corrected chi connectivity index (χ0v) is 10.6. The predicted octanol–water partition coefficient (Wildman–Crippen LogP) is 1.72. The summed E-state index contributed by atoms with van der Waals surface area (Å²) in [5.74, 6) is 0. The number of nitrogens with one attached hydrogen (secondary N) is 1. The lowest BCUT2D eigenvalue weighted by Crippen LogP contribution is -2.56. The van der Waals surface area contributed by atoms with E-state index in [2.05, 4.69) is 27.0 Å². The van der Waals surface area contributed by atoms with Crippen LogP contribution in [-0.4, -0.2) is 47.3 Å². The van der Waals surface area contributed by atoms with Gasteiger partial charge in [0.05, 0.1) is 50.1 Å². The van der Waals surface area contributed by atoms with Crippen molar-refractivity contribution in [1.29, 1.82) is 0 Å². The lowest BCUT2D eigenvalue weighted by atomic mass is 10.2. The van der Waals surface area contributed by atoms with Gasteiger partial charge in [-0.1, -0.05) is 0 Å². The van der Waals surface area contributed by atoms with Crippen molar-refractivity contribution in [1.82, 2.24) is 9.97 Å². The minimum Gasteiger partial charge on any atom is -0.633 e. The van der Waals surface area contributed by atoms with E-state index in [0.717, 1.165) is 24.1 Å². The van der Waals surface area contributed by atoms with E-state index in [-0.39, 0.29) is 4.65 Å². The number of hydrogen-bond donors (Lipinski definition) is 1. The van der Waals surface area contributed by atoms with Crippen molar-refractivity contribution >= 4 is 16.7 Å². The Hall–Kier alpha value is -1.59. The van der Waals surface area contributed by atoms with Gasteiger partial charge in [-0.15, -0.1) is 0 Å². The number of fused-ring (bicyclic) bond motifs is 1. The molecule has 3 rings (SSSR count). The number of benzene rings is 1. The molecule has 5 nitrogen and oxygen atoms in total. The van der Waals surface area contributed by atoms with Crippen molar-refractivity contribution in [2.24, 2.45) is 0 Å². The molecule has 96 valence electrons. The van der Waals surface area contributed by atoms with E-state index in [9.17, 15) is 5.21 Å². The topological polar surface area (TPSA) is 55.0 Å². The number of quaternary nitrogens is 1. The zero-order valence-electron chi connectivity index (χ0n) is 10.6. The first-order valence-corrected chi connectivity index (χ1v) is 6.45. The van der Waals surface area contributed by atoms with E-state index in [1.165, 1.54) is 5.69 Å². The molecule has 1 saturated heterocycles. The van der Waals surface area contributed by atoms with Crippen LogP contribution in [-0.2, 0) is 0 Å². The largest absolute Gasteiger partial charge is 0.633 e. The molecule has 0 bridgehead atoms. The fourth-order valence-electron chi connectivity index (χ4n) is 2.52. The highest BCUT2D eigenvalue weighted by Gasteiger charge is 2.23. The highest BCUT2D eigenvalue weighted by Crippen LogP contribution is 2.22. The number of H-pyrrole nitrogens is 1. The maximum atomic E-state index is 12.1. The number of hydroxylamine groups is 3. The number of anilines is 1. The summed E-state index contributed by atoms with van der Waals surface area (Å²) in [7, 11) is 0. The second-order valence-electron chi connectivity index (χ2n) is 4.91. The Kier molecular flexibility index (Phi) is 2.72. The molecule has 5 heteroatoms. The van der Waals surface area contributed by atoms with Crippen LogP contribution in [0, 0.1) is 5.21 Å². The predicted molar refractivity (Wildman–Crippen MR) is 72.2 cm³/mol. The highest BCUT2D eigenvalue weighted by atomic mass is 16.5. The number of rotatable bonds is 2. The number of imidazole rings is 1. The fraction of sp³-hybridized carbons (Fsp3) is 0.462. The molecule has 1 aromatic heterocycles. The van der Waals surface area contributed by atoms with Crippen LogP contribution in [0.2, 0.25) is 0 Å². The first-order chi connectivity index (χ1) is 8.70. The molecule has 0 amide bonds. The van der Waals surface area contributed by atoms with Gasteiger partial charge in [-0.2, -0.15) is 0 Å². The van der Waals surface area contributed by atoms with E-state index in [4.69, 9.17) is 0 Å². The van der Waals surface area contributed by atoms with Gasteiger partial charge in [0.15, 0.2) is 0 Å². The standard InChI is InChI=1S/C13H18N4O/c1-2-17(18)7-5-16(6-8-17)11-3-4-12-13(9-11)15-10-14-12/h3-4,9-10H,2,5-8H2,1H3,(H,14,15). The first-order valence-electron chi connectivity index (χ1n) is 6.45. The third-order valence-electron chi connectivity index (χ3n) is 3.90. The van der Waals surface area contributed by atoms with Crippen molar-refractivity contribution in [2.75, 3.05) is 37.6 Å². The summed E-state index contributed by atoms with van der Waals surface area (Å²) < 4.78 is -0.0528. The van der Waals surface area contributed by atoms with Crippen molar-refractivity contribution < 1.29 is 4.65 Å². The SMILES string of the molecule is CC[N+]1([O-])CCN(c2ccc3nc[nH]c3c2)CC1. The van der Waals surface area contributed by atoms with Gasteiger partial charge in [-0.05, 0) is 25.1 Å². The third kappa shape index (κ3) is 1.95. The first kappa shape index (κ1) is 11.5. The van der Waals surface area contributed by atoms with Gasteiger partial charge < -0.3 is 19.7 Å². The Balaban J connectivity index is 1.79. The number of nitrogens with zero attached hydrogens (tertiary/aromatic N) is 3. The Morgan fingerprint density at radius 2 is 2.17 bits per heavy atom. The average Bonchev–Trinajstić information content (AvgIpc) is 2.87. The Bertz CT molecular complexity index is 543. The number of likely N-dealkylation sites (N-methyl/N-ethyl adjacent to an activating group) is 1. The molecule has 1 aromatic carbocycles. The van der Waals surface area contributed by atoms with Crippen molar-refractivity contribution in [2.45, 2.75) is 6.92 Å². The van der Waals surface area contributed by atoms with Crippen LogP contribution in [0.1, 0.15) is 6.92 Å². The summed E-state index contributed by atoms with van der Waals surface area (Å²) in [5.41, 5.74) is 3.21. The summed E-state index contributed by atoms with van der Waals surface area (Å²) >= 11 is 0. The summed E-state index contributed by atoms with van der Waals surface area (Å²) in [4.78, 5) is 9.62. The third-order valence-corrected chi connectivity index (χ3v) is 3.90. The summed E-state index contributed by atoms with van der Waals surface area (Å²) in [5, 5.41) is 12.1. The number of hydrogen-bond acceptors (Lipinski definition) is 3. The molecule has 0 radical (unpaired) electrons. The second kappa shape index (κ2) is 4.26. The molecule has 0 saturated carbocycles. The lowest BCUT2D eigenvalue weighted by molar-refractivity contribution is -0.879. The van der Waals surface area contributed by atoms with Crippen molar-refractivity contribution in [3.8, 4) is 0 Å². The molecule has 1 fully saturated rings.